The quantitative estimate of drug-likeness (QED) is 0.212. The molecule has 0 bridgehead atoms. The van der Waals surface area contributed by atoms with Gasteiger partial charge in [0.25, 0.3) is 0 Å². The third-order valence-electron chi connectivity index (χ3n) is 6.60. The lowest BCUT2D eigenvalue weighted by Gasteiger charge is -2.23. The van der Waals surface area contributed by atoms with Gasteiger partial charge >= 0.3 is 5.97 Å². The number of carboxylic acid groups (broad SMARTS) is 1. The first-order chi connectivity index (χ1) is 19.2. The molecule has 2 N–H and O–H groups in total. The Balaban J connectivity index is 1.59. The van der Waals surface area contributed by atoms with Gasteiger partial charge < -0.3 is 14.6 Å². The summed E-state index contributed by atoms with van der Waals surface area (Å²) in [5.74, 6) is -0.0648. The number of nitrogens with one attached hydrogen (secondary N) is 1. The van der Waals surface area contributed by atoms with E-state index in [2.05, 4.69) is 41.5 Å². The van der Waals surface area contributed by atoms with Crippen LogP contribution in [-0.4, -0.2) is 21.6 Å². The Hall–Kier alpha value is -4.38. The molecule has 0 aliphatic heterocycles. The second kappa shape index (κ2) is 12.6. The molecule has 40 heavy (non-hydrogen) atoms. The van der Waals surface area contributed by atoms with Crippen molar-refractivity contribution in [2.75, 3.05) is 0 Å². The zero-order chi connectivity index (χ0) is 28.7. The number of pyridine rings is 1. The van der Waals surface area contributed by atoms with E-state index < -0.39 is 11.5 Å². The fraction of sp³-hybridized carbons (Fsp3) is 0.219. The minimum Gasteiger partial charge on any atom is -0.488 e. The summed E-state index contributed by atoms with van der Waals surface area (Å²) in [6, 6.07) is 23.5. The first-order valence-electron chi connectivity index (χ1n) is 12.7. The highest BCUT2D eigenvalue weighted by Gasteiger charge is 2.27. The average Bonchev–Trinajstić information content (AvgIpc) is 2.96. The molecule has 0 aliphatic rings. The Morgan fingerprint density at radius 2 is 1.75 bits per heavy atom. The molecule has 0 fully saturated rings. The molecule has 0 aliphatic carbocycles. The molecule has 1 heterocycles. The van der Waals surface area contributed by atoms with E-state index in [0.29, 0.717) is 34.3 Å². The maximum atomic E-state index is 11.6. The van der Waals surface area contributed by atoms with Crippen LogP contribution in [0.1, 0.15) is 41.7 Å². The summed E-state index contributed by atoms with van der Waals surface area (Å²) in [5.41, 5.74) is 5.05. The number of aromatic nitrogens is 1. The number of rotatable bonds is 11. The van der Waals surface area contributed by atoms with Crippen LogP contribution in [-0.2, 0) is 24.6 Å². The minimum atomic E-state index is -1.16. The number of carboxylic acids is 1. The van der Waals surface area contributed by atoms with Gasteiger partial charge in [-0.3, -0.25) is 15.1 Å². The van der Waals surface area contributed by atoms with Gasteiger partial charge in [-0.25, -0.2) is 0 Å². The molecule has 4 rings (SSSR count). The number of halogens is 1. The molecule has 0 radical (unpaired) electrons. The summed E-state index contributed by atoms with van der Waals surface area (Å²) in [5, 5.41) is 22.1. The number of ether oxygens (including phenoxy) is 2. The Kier molecular flexibility index (Phi) is 9.05. The molecule has 7 nitrogen and oxygen atoms in total. The third kappa shape index (κ3) is 6.97. The van der Waals surface area contributed by atoms with E-state index in [0.717, 1.165) is 27.8 Å². The van der Waals surface area contributed by atoms with Gasteiger partial charge in [0, 0.05) is 36.1 Å². The van der Waals surface area contributed by atoms with Crippen molar-refractivity contribution < 1.29 is 19.4 Å². The first kappa shape index (κ1) is 28.6. The van der Waals surface area contributed by atoms with Crippen LogP contribution >= 0.6 is 11.6 Å². The first-order valence-corrected chi connectivity index (χ1v) is 13.1. The summed E-state index contributed by atoms with van der Waals surface area (Å²) in [4.78, 5) is 15.7. The summed E-state index contributed by atoms with van der Waals surface area (Å²) >= 11 is 6.63. The van der Waals surface area contributed by atoms with Crippen molar-refractivity contribution in [3.63, 3.8) is 0 Å². The lowest BCUT2D eigenvalue weighted by atomic mass is 9.97. The van der Waals surface area contributed by atoms with E-state index in [1.165, 1.54) is 6.20 Å². The molecule has 3 aromatic carbocycles. The zero-order valence-corrected chi connectivity index (χ0v) is 23.3. The summed E-state index contributed by atoms with van der Waals surface area (Å²) in [7, 11) is 0. The van der Waals surface area contributed by atoms with E-state index in [1.54, 1.807) is 38.2 Å². The van der Waals surface area contributed by atoms with E-state index in [1.807, 2.05) is 30.3 Å². The van der Waals surface area contributed by atoms with Gasteiger partial charge in [-0.2, -0.15) is 5.26 Å². The molecule has 1 aromatic heterocycles. The second-order valence-corrected chi connectivity index (χ2v) is 10.3. The molecule has 0 atom stereocenters. The Bertz CT molecular complexity index is 1550. The van der Waals surface area contributed by atoms with Gasteiger partial charge in [0.15, 0.2) is 0 Å². The van der Waals surface area contributed by atoms with Crippen molar-refractivity contribution in [1.82, 2.24) is 10.3 Å². The van der Waals surface area contributed by atoms with Crippen LogP contribution in [0.3, 0.4) is 0 Å². The fourth-order valence-corrected chi connectivity index (χ4v) is 4.31. The van der Waals surface area contributed by atoms with Crippen molar-refractivity contribution in [1.29, 1.82) is 5.26 Å². The van der Waals surface area contributed by atoms with Crippen LogP contribution in [0.2, 0.25) is 5.02 Å². The zero-order valence-electron chi connectivity index (χ0n) is 22.6. The Labute approximate surface area is 239 Å². The third-order valence-corrected chi connectivity index (χ3v) is 6.90. The Morgan fingerprint density at radius 3 is 2.48 bits per heavy atom. The summed E-state index contributed by atoms with van der Waals surface area (Å²) < 4.78 is 12.3. The number of nitrogens with zero attached hydrogens (tertiary/aromatic N) is 2. The topological polar surface area (TPSA) is 104 Å². The normalized spacial score (nSPS) is 11.1. The van der Waals surface area contributed by atoms with Gasteiger partial charge in [0.2, 0.25) is 0 Å². The smallest absolute Gasteiger partial charge is 0.323 e. The van der Waals surface area contributed by atoms with Gasteiger partial charge in [-0.1, -0.05) is 60.1 Å². The largest absolute Gasteiger partial charge is 0.488 e. The number of hydrogen-bond acceptors (Lipinski definition) is 6. The summed E-state index contributed by atoms with van der Waals surface area (Å²) in [6.07, 6.45) is 3.11. The van der Waals surface area contributed by atoms with Crippen LogP contribution in [0.15, 0.2) is 79.1 Å². The molecule has 0 saturated heterocycles. The number of carbonyl (C=O) groups is 1. The van der Waals surface area contributed by atoms with Crippen LogP contribution < -0.4 is 14.8 Å². The molecule has 8 heteroatoms. The lowest BCUT2D eigenvalue weighted by Crippen LogP contribution is -2.46. The van der Waals surface area contributed by atoms with E-state index >= 15 is 0 Å². The van der Waals surface area contributed by atoms with Gasteiger partial charge in [-0.05, 0) is 55.2 Å². The van der Waals surface area contributed by atoms with Gasteiger partial charge in [0.05, 0.1) is 10.6 Å². The molecular formula is C32H30ClN3O4. The highest BCUT2D eigenvalue weighted by Crippen LogP contribution is 2.35. The minimum absolute atomic E-state index is 0.150. The van der Waals surface area contributed by atoms with Crippen LogP contribution in [0.25, 0.3) is 11.1 Å². The molecule has 0 spiro atoms. The van der Waals surface area contributed by atoms with Gasteiger partial charge in [-0.15, -0.1) is 0 Å². The molecule has 4 aromatic rings. The Morgan fingerprint density at radius 1 is 1.00 bits per heavy atom. The van der Waals surface area contributed by atoms with E-state index in [-0.39, 0.29) is 13.2 Å². The molecule has 0 amide bonds. The molecule has 204 valence electrons. The van der Waals surface area contributed by atoms with Crippen molar-refractivity contribution in [2.24, 2.45) is 0 Å². The second-order valence-electron chi connectivity index (χ2n) is 9.90. The van der Waals surface area contributed by atoms with Gasteiger partial charge in [0.1, 0.15) is 36.3 Å². The molecule has 0 saturated carbocycles. The maximum Gasteiger partial charge on any atom is 0.323 e. The lowest BCUT2D eigenvalue weighted by molar-refractivity contribution is -0.143. The highest BCUT2D eigenvalue weighted by molar-refractivity contribution is 6.32. The van der Waals surface area contributed by atoms with Crippen LogP contribution in [0, 0.1) is 18.3 Å². The monoisotopic (exact) mass is 555 g/mol. The van der Waals surface area contributed by atoms with Crippen molar-refractivity contribution in [3.05, 3.63) is 112 Å². The predicted octanol–water partition coefficient (Wildman–Crippen LogP) is 6.69. The standard InChI is InChI=1S/C32H30ClN3O4/c1-21-25(10-7-11-27(21)24-8-5-4-6-9-24)20-40-30-14-29(39-19-23-12-22(15-34)16-35-17-23)26(13-28(30)33)18-36-32(2,3)31(37)38/h4-14,16-17,36H,18-20H2,1-3H3,(H,37,38). The van der Waals surface area contributed by atoms with Crippen LogP contribution in [0.5, 0.6) is 11.5 Å². The number of hydrogen-bond donors (Lipinski definition) is 2. The number of nitriles is 1. The predicted molar refractivity (Wildman–Crippen MR) is 154 cm³/mol. The SMILES string of the molecule is Cc1c(COc2cc(OCc3cncc(C#N)c3)c(CNC(C)(C)C(=O)O)cc2Cl)cccc1-c1ccccc1. The van der Waals surface area contributed by atoms with Crippen molar-refractivity contribution in [2.45, 2.75) is 46.1 Å². The summed E-state index contributed by atoms with van der Waals surface area (Å²) in [6.45, 7) is 5.88. The molecular weight excluding hydrogens is 526 g/mol. The van der Waals surface area contributed by atoms with Crippen molar-refractivity contribution in [3.8, 4) is 28.7 Å². The number of aliphatic carboxylic acids is 1. The maximum absolute atomic E-state index is 11.6. The number of benzene rings is 3. The molecule has 0 unspecified atom stereocenters. The average molecular weight is 556 g/mol. The van der Waals surface area contributed by atoms with E-state index in [9.17, 15) is 15.2 Å². The van der Waals surface area contributed by atoms with Crippen molar-refractivity contribution >= 4 is 17.6 Å². The van der Waals surface area contributed by atoms with Crippen LogP contribution in [0.4, 0.5) is 0 Å². The fourth-order valence-electron chi connectivity index (χ4n) is 4.07. The highest BCUT2D eigenvalue weighted by atomic mass is 35.5. The van der Waals surface area contributed by atoms with E-state index in [4.69, 9.17) is 21.1 Å².